The normalized spacial score (nSPS) is 17.1. The molecule has 2 rings (SSSR count). The molecule has 0 spiro atoms. The van der Waals surface area contributed by atoms with Gasteiger partial charge in [-0.3, -0.25) is 4.79 Å². The van der Waals surface area contributed by atoms with Gasteiger partial charge in [0.05, 0.1) is 13.2 Å². The van der Waals surface area contributed by atoms with Crippen LogP contribution in [-0.2, 0) is 0 Å². The molecular weight excluding hydrogens is 272 g/mol. The van der Waals surface area contributed by atoms with Gasteiger partial charge in [0.15, 0.2) is 0 Å². The van der Waals surface area contributed by atoms with Crippen LogP contribution >= 0.6 is 0 Å². The maximum atomic E-state index is 12.3. The van der Waals surface area contributed by atoms with E-state index < -0.39 is 0 Å². The van der Waals surface area contributed by atoms with Crippen LogP contribution in [0.4, 0.5) is 5.95 Å². The summed E-state index contributed by atoms with van der Waals surface area (Å²) >= 11 is 0. The molecule has 1 saturated heterocycles. The second kappa shape index (κ2) is 6.68. The van der Waals surface area contributed by atoms with E-state index in [1.165, 1.54) is 13.3 Å². The van der Waals surface area contributed by atoms with Crippen LogP contribution in [-0.4, -0.2) is 65.2 Å². The Kier molecular flexibility index (Phi) is 4.92. The maximum absolute atomic E-state index is 12.3. The monoisotopic (exact) mass is 294 g/mol. The first-order chi connectivity index (χ1) is 10.1. The summed E-state index contributed by atoms with van der Waals surface area (Å²) in [5.74, 6) is 0.0298. The molecule has 0 radical (unpaired) electrons. The van der Waals surface area contributed by atoms with Gasteiger partial charge in [0.2, 0.25) is 11.8 Å². The number of likely N-dealkylation sites (N-methyl/N-ethyl adjacent to an activating group) is 2. The molecule has 0 bridgehead atoms. The number of carbonyl (C=O) groups excluding carboxylic acids is 1. The van der Waals surface area contributed by atoms with Crippen molar-refractivity contribution >= 4 is 11.9 Å². The van der Waals surface area contributed by atoms with Crippen molar-refractivity contribution < 1.29 is 9.53 Å². The molecule has 1 amide bonds. The summed E-state index contributed by atoms with van der Waals surface area (Å²) in [6.45, 7) is 7.65. The van der Waals surface area contributed by atoms with Gasteiger partial charge in [-0.15, -0.1) is 0 Å². The zero-order valence-electron chi connectivity index (χ0n) is 12.7. The number of anilines is 1. The Morgan fingerprint density at radius 1 is 1.43 bits per heavy atom. The van der Waals surface area contributed by atoms with Crippen molar-refractivity contribution in [3.8, 4) is 5.88 Å². The number of nitrogens with two attached hydrogens (primary N) is 1. The molecule has 1 aliphatic heterocycles. The lowest BCUT2D eigenvalue weighted by molar-refractivity contribution is 0.0388. The van der Waals surface area contributed by atoms with Crippen LogP contribution in [0.5, 0.6) is 5.88 Å². The van der Waals surface area contributed by atoms with E-state index in [-0.39, 0.29) is 23.8 Å². The second-order valence-electron chi connectivity index (χ2n) is 4.83. The predicted molar refractivity (Wildman–Crippen MR) is 78.7 cm³/mol. The summed E-state index contributed by atoms with van der Waals surface area (Å²) in [7, 11) is 1.45. The van der Waals surface area contributed by atoms with Crippen LogP contribution in [0, 0.1) is 0 Å². The topological polar surface area (TPSA) is 96.6 Å². The van der Waals surface area contributed by atoms with E-state index in [2.05, 4.69) is 39.2 Å². The standard InChI is InChI=1S/C13H22N6O2/c1-4-18-7-9(8-19(18)5-2)16-11(20)10-6-15-13(14)17-12(10)21-3/h6,9H,4-5,7-8H2,1-3H3,(H,16,20)(H2,14,15,17). The molecular formula is C13H22N6O2. The van der Waals surface area contributed by atoms with Crippen molar-refractivity contribution in [3.05, 3.63) is 11.8 Å². The van der Waals surface area contributed by atoms with Crippen molar-refractivity contribution in [2.45, 2.75) is 19.9 Å². The van der Waals surface area contributed by atoms with Crippen molar-refractivity contribution in [1.82, 2.24) is 25.3 Å². The van der Waals surface area contributed by atoms with Gasteiger partial charge < -0.3 is 15.8 Å². The highest BCUT2D eigenvalue weighted by Crippen LogP contribution is 2.16. The van der Waals surface area contributed by atoms with E-state index >= 15 is 0 Å². The van der Waals surface area contributed by atoms with Crippen molar-refractivity contribution in [3.63, 3.8) is 0 Å². The van der Waals surface area contributed by atoms with Crippen LogP contribution in [0.25, 0.3) is 0 Å². The second-order valence-corrected chi connectivity index (χ2v) is 4.83. The van der Waals surface area contributed by atoms with Crippen molar-refractivity contribution in [2.75, 3.05) is 39.0 Å². The fourth-order valence-corrected chi connectivity index (χ4v) is 2.50. The number of hydrogen-bond donors (Lipinski definition) is 2. The molecule has 0 aromatic carbocycles. The number of hydrogen-bond acceptors (Lipinski definition) is 7. The Balaban J connectivity index is 2.05. The highest BCUT2D eigenvalue weighted by atomic mass is 16.5. The number of amides is 1. The van der Waals surface area contributed by atoms with Gasteiger partial charge in [0.1, 0.15) is 5.56 Å². The van der Waals surface area contributed by atoms with Crippen LogP contribution in [0.15, 0.2) is 6.20 Å². The number of hydrazine groups is 1. The van der Waals surface area contributed by atoms with Crippen molar-refractivity contribution in [1.29, 1.82) is 0 Å². The molecule has 8 nitrogen and oxygen atoms in total. The summed E-state index contributed by atoms with van der Waals surface area (Å²) in [4.78, 5) is 20.1. The molecule has 21 heavy (non-hydrogen) atoms. The fraction of sp³-hybridized carbons (Fsp3) is 0.615. The van der Waals surface area contributed by atoms with Crippen molar-refractivity contribution in [2.24, 2.45) is 0 Å². The predicted octanol–water partition coefficient (Wildman–Crippen LogP) is -0.262. The Morgan fingerprint density at radius 2 is 2.05 bits per heavy atom. The molecule has 2 heterocycles. The zero-order valence-corrected chi connectivity index (χ0v) is 12.7. The van der Waals surface area contributed by atoms with E-state index in [0.29, 0.717) is 5.56 Å². The van der Waals surface area contributed by atoms with E-state index in [0.717, 1.165) is 26.2 Å². The van der Waals surface area contributed by atoms with Gasteiger partial charge in [0, 0.05) is 32.4 Å². The lowest BCUT2D eigenvalue weighted by Gasteiger charge is -2.24. The van der Waals surface area contributed by atoms with Crippen LogP contribution in [0.1, 0.15) is 24.2 Å². The van der Waals surface area contributed by atoms with E-state index in [9.17, 15) is 4.79 Å². The number of nitrogens with one attached hydrogen (secondary N) is 1. The minimum absolute atomic E-state index is 0.0691. The smallest absolute Gasteiger partial charge is 0.258 e. The number of carbonyl (C=O) groups is 1. The maximum Gasteiger partial charge on any atom is 0.258 e. The zero-order chi connectivity index (χ0) is 15.4. The van der Waals surface area contributed by atoms with Gasteiger partial charge in [-0.2, -0.15) is 4.98 Å². The molecule has 0 unspecified atom stereocenters. The average Bonchev–Trinajstić information content (AvgIpc) is 2.88. The van der Waals surface area contributed by atoms with Crippen LogP contribution in [0.2, 0.25) is 0 Å². The molecule has 1 fully saturated rings. The van der Waals surface area contributed by atoms with Gasteiger partial charge in [-0.25, -0.2) is 15.0 Å². The molecule has 0 aliphatic carbocycles. The molecule has 8 heteroatoms. The number of rotatable bonds is 5. The molecule has 1 aromatic heterocycles. The minimum atomic E-state index is -0.245. The van der Waals surface area contributed by atoms with Gasteiger partial charge in [-0.05, 0) is 0 Å². The fourth-order valence-electron chi connectivity index (χ4n) is 2.50. The molecule has 0 atom stereocenters. The van der Waals surface area contributed by atoms with Gasteiger partial charge in [0.25, 0.3) is 5.91 Å². The first-order valence-electron chi connectivity index (χ1n) is 7.06. The quantitative estimate of drug-likeness (QED) is 0.772. The Labute approximate surface area is 124 Å². The Hall–Kier alpha value is -1.93. The third kappa shape index (κ3) is 3.40. The third-order valence-electron chi connectivity index (χ3n) is 3.54. The highest BCUT2D eigenvalue weighted by Gasteiger charge is 2.29. The van der Waals surface area contributed by atoms with Crippen LogP contribution in [0.3, 0.4) is 0 Å². The third-order valence-corrected chi connectivity index (χ3v) is 3.54. The van der Waals surface area contributed by atoms with E-state index in [1.54, 1.807) is 0 Å². The molecule has 116 valence electrons. The number of nitrogens with zero attached hydrogens (tertiary/aromatic N) is 4. The highest BCUT2D eigenvalue weighted by molar-refractivity contribution is 5.96. The Morgan fingerprint density at radius 3 is 2.57 bits per heavy atom. The minimum Gasteiger partial charge on any atom is -0.480 e. The lowest BCUT2D eigenvalue weighted by atomic mass is 10.2. The number of ether oxygens (including phenoxy) is 1. The number of aromatic nitrogens is 2. The summed E-state index contributed by atoms with van der Waals surface area (Å²) < 4.78 is 5.08. The number of nitrogen functional groups attached to an aromatic ring is 1. The first-order valence-corrected chi connectivity index (χ1v) is 7.06. The summed E-state index contributed by atoms with van der Waals surface area (Å²) in [5, 5.41) is 7.44. The van der Waals surface area contributed by atoms with E-state index in [1.807, 2.05) is 0 Å². The largest absolute Gasteiger partial charge is 0.480 e. The summed E-state index contributed by atoms with van der Waals surface area (Å²) in [6.07, 6.45) is 1.39. The van der Waals surface area contributed by atoms with Gasteiger partial charge in [-0.1, -0.05) is 13.8 Å². The van der Waals surface area contributed by atoms with Gasteiger partial charge >= 0.3 is 0 Å². The molecule has 3 N–H and O–H groups in total. The number of methoxy groups -OCH3 is 1. The summed E-state index contributed by atoms with van der Waals surface area (Å²) in [6, 6.07) is 0.0691. The Bertz CT molecular complexity index is 497. The van der Waals surface area contributed by atoms with E-state index in [4.69, 9.17) is 10.5 Å². The first kappa shape index (κ1) is 15.5. The summed E-state index contributed by atoms with van der Waals surface area (Å²) in [5.41, 5.74) is 5.79. The average molecular weight is 294 g/mol. The molecule has 1 aliphatic rings. The lowest BCUT2D eigenvalue weighted by Crippen LogP contribution is -2.39. The molecule has 1 aromatic rings. The van der Waals surface area contributed by atoms with Crippen LogP contribution < -0.4 is 15.8 Å². The molecule has 0 saturated carbocycles. The SMILES string of the molecule is CCN1CC(NC(=O)c2cnc(N)nc2OC)CN1CC.